The molecule has 1 rings (SSSR count). The summed E-state index contributed by atoms with van der Waals surface area (Å²) < 4.78 is 0. The van der Waals surface area contributed by atoms with Crippen molar-refractivity contribution in [2.75, 3.05) is 33.2 Å². The van der Waals surface area contributed by atoms with Crippen molar-refractivity contribution >= 4 is 12.0 Å². The Kier molecular flexibility index (Phi) is 7.36. The quantitative estimate of drug-likeness (QED) is 0.706. The molecule has 0 aromatic carbocycles. The van der Waals surface area contributed by atoms with Gasteiger partial charge in [0.2, 0.25) is 0 Å². The SMILES string of the molecule is CCCN(CC(=O)O)C(=O)NCCN(C)C1CCCC1. The van der Waals surface area contributed by atoms with Crippen LogP contribution in [0.2, 0.25) is 0 Å². The van der Waals surface area contributed by atoms with Crippen LogP contribution in [0.25, 0.3) is 0 Å². The third-order valence-corrected chi connectivity index (χ3v) is 3.80. The predicted molar refractivity (Wildman–Crippen MR) is 77.8 cm³/mol. The summed E-state index contributed by atoms with van der Waals surface area (Å²) in [6, 6.07) is 0.353. The monoisotopic (exact) mass is 285 g/mol. The van der Waals surface area contributed by atoms with Crippen LogP contribution < -0.4 is 5.32 Å². The number of nitrogens with zero attached hydrogens (tertiary/aromatic N) is 2. The number of carboxylic acids is 1. The number of carbonyl (C=O) groups is 2. The van der Waals surface area contributed by atoms with Crippen molar-refractivity contribution in [3.8, 4) is 0 Å². The molecule has 1 fully saturated rings. The summed E-state index contributed by atoms with van der Waals surface area (Å²) >= 11 is 0. The maximum Gasteiger partial charge on any atom is 0.323 e. The zero-order valence-electron chi connectivity index (χ0n) is 12.6. The third-order valence-electron chi connectivity index (χ3n) is 3.80. The summed E-state index contributed by atoms with van der Waals surface area (Å²) in [6.45, 7) is 3.53. The Balaban J connectivity index is 2.27. The molecule has 1 saturated carbocycles. The number of aliphatic carboxylic acids is 1. The maximum atomic E-state index is 11.9. The molecular weight excluding hydrogens is 258 g/mol. The van der Waals surface area contributed by atoms with Gasteiger partial charge in [0.15, 0.2) is 0 Å². The molecule has 1 aliphatic carbocycles. The van der Waals surface area contributed by atoms with Crippen molar-refractivity contribution in [1.29, 1.82) is 0 Å². The van der Waals surface area contributed by atoms with Gasteiger partial charge in [0.25, 0.3) is 0 Å². The minimum atomic E-state index is -0.975. The Morgan fingerprint density at radius 2 is 1.90 bits per heavy atom. The lowest BCUT2D eigenvalue weighted by Gasteiger charge is -2.25. The van der Waals surface area contributed by atoms with Crippen LogP contribution >= 0.6 is 0 Å². The first-order valence-electron chi connectivity index (χ1n) is 7.49. The first kappa shape index (κ1) is 16.8. The molecule has 2 amide bonds. The van der Waals surface area contributed by atoms with Crippen molar-refractivity contribution in [3.63, 3.8) is 0 Å². The normalized spacial score (nSPS) is 15.6. The fourth-order valence-corrected chi connectivity index (χ4v) is 2.66. The number of amides is 2. The maximum absolute atomic E-state index is 11.9. The summed E-state index contributed by atoms with van der Waals surface area (Å²) in [5.41, 5.74) is 0. The molecule has 0 bridgehead atoms. The van der Waals surface area contributed by atoms with E-state index in [1.807, 2.05) is 6.92 Å². The van der Waals surface area contributed by atoms with Crippen LogP contribution in [-0.2, 0) is 4.79 Å². The second kappa shape index (κ2) is 8.79. The van der Waals surface area contributed by atoms with Gasteiger partial charge in [-0.25, -0.2) is 4.79 Å². The van der Waals surface area contributed by atoms with Gasteiger partial charge in [-0.1, -0.05) is 19.8 Å². The fraction of sp³-hybridized carbons (Fsp3) is 0.857. The summed E-state index contributed by atoms with van der Waals surface area (Å²) in [7, 11) is 2.09. The van der Waals surface area contributed by atoms with Gasteiger partial charge >= 0.3 is 12.0 Å². The van der Waals surface area contributed by atoms with Crippen molar-refractivity contribution in [3.05, 3.63) is 0 Å². The zero-order chi connectivity index (χ0) is 15.0. The highest BCUT2D eigenvalue weighted by molar-refractivity contribution is 5.80. The summed E-state index contributed by atoms with van der Waals surface area (Å²) in [5, 5.41) is 11.6. The van der Waals surface area contributed by atoms with Gasteiger partial charge in [-0.05, 0) is 26.3 Å². The number of rotatable bonds is 8. The van der Waals surface area contributed by atoms with Crippen molar-refractivity contribution in [2.45, 2.75) is 45.1 Å². The average molecular weight is 285 g/mol. The molecule has 1 aliphatic rings. The molecule has 0 radical (unpaired) electrons. The smallest absolute Gasteiger partial charge is 0.323 e. The number of hydrogen-bond donors (Lipinski definition) is 2. The lowest BCUT2D eigenvalue weighted by molar-refractivity contribution is -0.137. The number of nitrogens with one attached hydrogen (secondary N) is 1. The third kappa shape index (κ3) is 5.77. The Morgan fingerprint density at radius 3 is 2.45 bits per heavy atom. The van der Waals surface area contributed by atoms with E-state index >= 15 is 0 Å². The van der Waals surface area contributed by atoms with Crippen molar-refractivity contribution in [1.82, 2.24) is 15.1 Å². The van der Waals surface area contributed by atoms with E-state index in [0.29, 0.717) is 19.1 Å². The van der Waals surface area contributed by atoms with Gasteiger partial charge < -0.3 is 20.2 Å². The van der Waals surface area contributed by atoms with Crippen LogP contribution in [-0.4, -0.2) is 66.2 Å². The summed E-state index contributed by atoms with van der Waals surface area (Å²) in [5.74, 6) is -0.975. The molecule has 0 heterocycles. The Labute approximate surface area is 121 Å². The Bertz CT molecular complexity index is 317. The van der Waals surface area contributed by atoms with Crippen molar-refractivity contribution in [2.24, 2.45) is 0 Å². The molecule has 0 atom stereocenters. The second-order valence-corrected chi connectivity index (χ2v) is 5.47. The number of carbonyl (C=O) groups excluding carboxylic acids is 1. The van der Waals surface area contributed by atoms with E-state index in [4.69, 9.17) is 5.11 Å². The highest BCUT2D eigenvalue weighted by atomic mass is 16.4. The van der Waals surface area contributed by atoms with E-state index in [2.05, 4.69) is 17.3 Å². The van der Waals surface area contributed by atoms with Gasteiger partial charge in [-0.3, -0.25) is 4.79 Å². The van der Waals surface area contributed by atoms with E-state index < -0.39 is 5.97 Å². The summed E-state index contributed by atoms with van der Waals surface area (Å²) in [6.07, 6.45) is 5.83. The molecule has 0 unspecified atom stereocenters. The van der Waals surface area contributed by atoms with Crippen molar-refractivity contribution < 1.29 is 14.7 Å². The second-order valence-electron chi connectivity index (χ2n) is 5.47. The van der Waals surface area contributed by atoms with E-state index in [9.17, 15) is 9.59 Å². The lowest BCUT2D eigenvalue weighted by atomic mass is 10.2. The van der Waals surface area contributed by atoms with Gasteiger partial charge in [-0.15, -0.1) is 0 Å². The zero-order valence-corrected chi connectivity index (χ0v) is 12.6. The van der Waals surface area contributed by atoms with E-state index in [0.717, 1.165) is 13.0 Å². The van der Waals surface area contributed by atoms with Crippen LogP contribution in [0.1, 0.15) is 39.0 Å². The van der Waals surface area contributed by atoms with Crippen LogP contribution in [0, 0.1) is 0 Å². The largest absolute Gasteiger partial charge is 0.480 e. The minimum absolute atomic E-state index is 0.238. The molecule has 0 aromatic rings. The van der Waals surface area contributed by atoms with Gasteiger partial charge in [0.1, 0.15) is 6.54 Å². The molecule has 2 N–H and O–H groups in total. The standard InChI is InChI=1S/C14H27N3O3/c1-3-9-17(11-13(18)19)14(20)15-8-10-16(2)12-6-4-5-7-12/h12H,3-11H2,1-2H3,(H,15,20)(H,18,19). The predicted octanol–water partition coefficient (Wildman–Crippen LogP) is 1.37. The van der Waals surface area contributed by atoms with Gasteiger partial charge in [0, 0.05) is 25.7 Å². The molecule has 0 saturated heterocycles. The first-order chi connectivity index (χ1) is 9.54. The number of hydrogen-bond acceptors (Lipinski definition) is 3. The molecule has 20 heavy (non-hydrogen) atoms. The molecule has 116 valence electrons. The molecule has 0 aromatic heterocycles. The van der Waals surface area contributed by atoms with Crippen LogP contribution in [0.15, 0.2) is 0 Å². The minimum Gasteiger partial charge on any atom is -0.480 e. The van der Waals surface area contributed by atoms with Crippen LogP contribution in [0.5, 0.6) is 0 Å². The Morgan fingerprint density at radius 1 is 1.25 bits per heavy atom. The van der Waals surface area contributed by atoms with Crippen LogP contribution in [0.3, 0.4) is 0 Å². The number of urea groups is 1. The highest BCUT2D eigenvalue weighted by Crippen LogP contribution is 2.21. The molecular formula is C14H27N3O3. The highest BCUT2D eigenvalue weighted by Gasteiger charge is 2.20. The fourth-order valence-electron chi connectivity index (χ4n) is 2.66. The molecule has 6 heteroatoms. The van der Waals surface area contributed by atoms with Gasteiger partial charge in [-0.2, -0.15) is 0 Å². The van der Waals surface area contributed by atoms with E-state index in [-0.39, 0.29) is 12.6 Å². The van der Waals surface area contributed by atoms with Crippen LogP contribution in [0.4, 0.5) is 4.79 Å². The molecule has 0 aliphatic heterocycles. The van der Waals surface area contributed by atoms with E-state index in [1.165, 1.54) is 30.6 Å². The lowest BCUT2D eigenvalue weighted by Crippen LogP contribution is -2.45. The Hall–Kier alpha value is -1.30. The first-order valence-corrected chi connectivity index (χ1v) is 7.49. The topological polar surface area (TPSA) is 72.9 Å². The van der Waals surface area contributed by atoms with Gasteiger partial charge in [0.05, 0.1) is 0 Å². The number of carboxylic acid groups (broad SMARTS) is 1. The summed E-state index contributed by atoms with van der Waals surface area (Å²) in [4.78, 5) is 26.3. The van der Waals surface area contributed by atoms with E-state index in [1.54, 1.807) is 0 Å². The molecule has 0 spiro atoms. The molecule has 6 nitrogen and oxygen atoms in total. The average Bonchev–Trinajstić information content (AvgIpc) is 2.91. The number of likely N-dealkylation sites (N-methyl/N-ethyl adjacent to an activating group) is 1.